The molecule has 1 atom stereocenters. The van der Waals surface area contributed by atoms with Crippen LogP contribution in [0.5, 0.6) is 0 Å². The lowest BCUT2D eigenvalue weighted by Gasteiger charge is -2.26. The fourth-order valence-corrected chi connectivity index (χ4v) is 3.64. The Labute approximate surface area is 180 Å². The van der Waals surface area contributed by atoms with E-state index >= 15 is 0 Å². The largest absolute Gasteiger partial charge is 0.507 e. The third-order valence-electron chi connectivity index (χ3n) is 5.13. The molecule has 162 valence electrons. The third kappa shape index (κ3) is 3.75. The summed E-state index contributed by atoms with van der Waals surface area (Å²) in [7, 11) is 0. The van der Waals surface area contributed by atoms with Crippen LogP contribution < -0.4 is 4.90 Å². The Morgan fingerprint density at radius 1 is 0.875 bits per heavy atom. The molecular weight excluding hydrogens is 426 g/mol. The van der Waals surface area contributed by atoms with E-state index in [-0.39, 0.29) is 22.4 Å². The van der Waals surface area contributed by atoms with Gasteiger partial charge < -0.3 is 5.11 Å². The second-order valence-electron chi connectivity index (χ2n) is 7.13. The van der Waals surface area contributed by atoms with Gasteiger partial charge in [-0.05, 0) is 35.9 Å². The number of anilines is 1. The van der Waals surface area contributed by atoms with Gasteiger partial charge >= 0.3 is 6.18 Å². The Balaban J connectivity index is 1.94. The highest BCUT2D eigenvalue weighted by molar-refractivity contribution is 6.51. The number of carbonyl (C=O) groups excluding carboxylic acids is 2. The molecule has 1 saturated heterocycles. The van der Waals surface area contributed by atoms with E-state index in [1.54, 1.807) is 18.2 Å². The van der Waals surface area contributed by atoms with Crippen LogP contribution in [0.4, 0.5) is 23.2 Å². The smallest absolute Gasteiger partial charge is 0.416 e. The van der Waals surface area contributed by atoms with Gasteiger partial charge in [0.15, 0.2) is 0 Å². The maximum atomic E-state index is 13.5. The first-order valence-corrected chi connectivity index (χ1v) is 9.47. The van der Waals surface area contributed by atoms with Crippen molar-refractivity contribution in [2.24, 2.45) is 0 Å². The normalized spacial score (nSPS) is 18.2. The first-order chi connectivity index (χ1) is 15.2. The average Bonchev–Trinajstić information content (AvgIpc) is 3.04. The molecule has 0 aliphatic carbocycles. The van der Waals surface area contributed by atoms with Crippen molar-refractivity contribution in [3.05, 3.63) is 107 Å². The minimum absolute atomic E-state index is 0.177. The van der Waals surface area contributed by atoms with Gasteiger partial charge in [-0.15, -0.1) is 0 Å². The predicted molar refractivity (Wildman–Crippen MR) is 109 cm³/mol. The van der Waals surface area contributed by atoms with Gasteiger partial charge in [0.2, 0.25) is 0 Å². The first kappa shape index (κ1) is 21.3. The van der Waals surface area contributed by atoms with Crippen molar-refractivity contribution >= 4 is 23.1 Å². The van der Waals surface area contributed by atoms with E-state index in [1.165, 1.54) is 30.3 Å². The number of aliphatic hydroxyl groups excluding tert-OH is 1. The predicted octanol–water partition coefficient (Wildman–Crippen LogP) is 5.47. The number of Topliss-reactive ketones (excluding diaryl/α,β-unsaturated/α-hetero) is 1. The zero-order valence-corrected chi connectivity index (χ0v) is 16.3. The molecule has 0 spiro atoms. The van der Waals surface area contributed by atoms with Crippen LogP contribution in [-0.2, 0) is 15.8 Å². The summed E-state index contributed by atoms with van der Waals surface area (Å²) in [4.78, 5) is 26.8. The maximum absolute atomic E-state index is 13.5. The minimum atomic E-state index is -4.67. The molecular formula is C24H15F4NO3. The highest BCUT2D eigenvalue weighted by Gasteiger charge is 2.47. The molecule has 1 heterocycles. The number of ketones is 1. The lowest BCUT2D eigenvalue weighted by atomic mass is 9.95. The van der Waals surface area contributed by atoms with Gasteiger partial charge in [0.25, 0.3) is 11.7 Å². The molecule has 0 saturated carbocycles. The molecule has 0 radical (unpaired) electrons. The standard InChI is InChI=1S/C24H15F4NO3/c25-17-11-9-14(10-12-17)20-19(21(30)15-5-2-1-3-6-15)22(31)23(32)29(20)18-8-4-7-16(13-18)24(26,27)28/h1-13,20,30H/t20-/m1/s1. The number of rotatable bonds is 3. The summed E-state index contributed by atoms with van der Waals surface area (Å²) in [6.45, 7) is 0. The molecule has 1 fully saturated rings. The van der Waals surface area contributed by atoms with E-state index < -0.39 is 41.0 Å². The van der Waals surface area contributed by atoms with Crippen LogP contribution in [0.25, 0.3) is 5.76 Å². The number of nitrogens with zero attached hydrogens (tertiary/aromatic N) is 1. The molecule has 1 amide bonds. The van der Waals surface area contributed by atoms with Crippen LogP contribution >= 0.6 is 0 Å². The van der Waals surface area contributed by atoms with Crippen molar-refractivity contribution in [2.45, 2.75) is 12.2 Å². The second kappa shape index (κ2) is 7.96. The van der Waals surface area contributed by atoms with Gasteiger partial charge in [0, 0.05) is 11.3 Å². The molecule has 3 aromatic rings. The molecule has 8 heteroatoms. The summed E-state index contributed by atoms with van der Waals surface area (Å²) in [6, 6.07) is 15.5. The van der Waals surface area contributed by atoms with Crippen molar-refractivity contribution in [1.82, 2.24) is 0 Å². The highest BCUT2D eigenvalue weighted by Crippen LogP contribution is 2.43. The van der Waals surface area contributed by atoms with Crippen molar-refractivity contribution in [3.8, 4) is 0 Å². The molecule has 4 rings (SSSR count). The summed E-state index contributed by atoms with van der Waals surface area (Å²) < 4.78 is 53.3. The summed E-state index contributed by atoms with van der Waals surface area (Å²) in [5.74, 6) is -3.21. The van der Waals surface area contributed by atoms with Crippen LogP contribution in [-0.4, -0.2) is 16.8 Å². The van der Waals surface area contributed by atoms with Crippen molar-refractivity contribution in [3.63, 3.8) is 0 Å². The van der Waals surface area contributed by atoms with Crippen molar-refractivity contribution in [1.29, 1.82) is 0 Å². The first-order valence-electron chi connectivity index (χ1n) is 9.47. The van der Waals surface area contributed by atoms with Gasteiger partial charge in [0.05, 0.1) is 17.2 Å². The van der Waals surface area contributed by atoms with E-state index in [0.29, 0.717) is 0 Å². The zero-order chi connectivity index (χ0) is 23.0. The molecule has 0 bridgehead atoms. The van der Waals surface area contributed by atoms with Crippen molar-refractivity contribution < 1.29 is 32.3 Å². The number of amides is 1. The Kier molecular flexibility index (Phi) is 5.30. The number of alkyl halides is 3. The lowest BCUT2D eigenvalue weighted by Crippen LogP contribution is -2.29. The Hall–Kier alpha value is -3.94. The number of aliphatic hydroxyl groups is 1. The molecule has 1 aliphatic heterocycles. The molecule has 4 nitrogen and oxygen atoms in total. The number of halogens is 4. The second-order valence-corrected chi connectivity index (χ2v) is 7.13. The van der Waals surface area contributed by atoms with Crippen LogP contribution in [0.15, 0.2) is 84.4 Å². The average molecular weight is 441 g/mol. The van der Waals surface area contributed by atoms with Gasteiger partial charge in [-0.1, -0.05) is 48.5 Å². The van der Waals surface area contributed by atoms with E-state index in [4.69, 9.17) is 0 Å². The third-order valence-corrected chi connectivity index (χ3v) is 5.13. The fraction of sp³-hybridized carbons (Fsp3) is 0.0833. The number of hydrogen-bond donors (Lipinski definition) is 1. The van der Waals surface area contributed by atoms with E-state index in [1.807, 2.05) is 0 Å². The molecule has 32 heavy (non-hydrogen) atoms. The Morgan fingerprint density at radius 3 is 2.16 bits per heavy atom. The monoisotopic (exact) mass is 441 g/mol. The van der Waals surface area contributed by atoms with Gasteiger partial charge in [-0.25, -0.2) is 4.39 Å². The zero-order valence-electron chi connectivity index (χ0n) is 16.3. The van der Waals surface area contributed by atoms with Crippen LogP contribution in [0, 0.1) is 5.82 Å². The number of benzene rings is 3. The summed E-state index contributed by atoms with van der Waals surface area (Å²) in [5, 5.41) is 10.9. The molecule has 1 N–H and O–H groups in total. The van der Waals surface area contributed by atoms with Gasteiger partial charge in [-0.3, -0.25) is 14.5 Å². The minimum Gasteiger partial charge on any atom is -0.507 e. The van der Waals surface area contributed by atoms with Crippen molar-refractivity contribution in [2.75, 3.05) is 4.90 Å². The summed E-state index contributed by atoms with van der Waals surface area (Å²) in [5.41, 5.74) is -0.978. The van der Waals surface area contributed by atoms with Gasteiger partial charge in [-0.2, -0.15) is 13.2 Å². The SMILES string of the molecule is O=C1C(=O)N(c2cccc(C(F)(F)F)c2)[C@H](c2ccc(F)cc2)C1=C(O)c1ccccc1. The van der Waals surface area contributed by atoms with Crippen LogP contribution in [0.1, 0.15) is 22.7 Å². The quantitative estimate of drug-likeness (QED) is 0.254. The molecule has 3 aromatic carbocycles. The number of hydrogen-bond acceptors (Lipinski definition) is 3. The molecule has 0 aromatic heterocycles. The topological polar surface area (TPSA) is 57.6 Å². The van der Waals surface area contributed by atoms with E-state index in [9.17, 15) is 32.3 Å². The Morgan fingerprint density at radius 2 is 1.53 bits per heavy atom. The molecule has 1 aliphatic rings. The molecule has 0 unspecified atom stereocenters. The summed E-state index contributed by atoms with van der Waals surface area (Å²) >= 11 is 0. The van der Waals surface area contributed by atoms with E-state index in [2.05, 4.69) is 0 Å². The van der Waals surface area contributed by atoms with E-state index in [0.717, 1.165) is 35.2 Å². The summed E-state index contributed by atoms with van der Waals surface area (Å²) in [6.07, 6.45) is -4.67. The Bertz CT molecular complexity index is 1220. The van der Waals surface area contributed by atoms with Gasteiger partial charge in [0.1, 0.15) is 11.6 Å². The van der Waals surface area contributed by atoms with Crippen LogP contribution in [0.3, 0.4) is 0 Å². The lowest BCUT2D eigenvalue weighted by molar-refractivity contribution is -0.137. The highest BCUT2D eigenvalue weighted by atomic mass is 19.4. The fourth-order valence-electron chi connectivity index (χ4n) is 3.64. The number of carbonyl (C=O) groups is 2. The van der Waals surface area contributed by atoms with Crippen LogP contribution in [0.2, 0.25) is 0 Å². The maximum Gasteiger partial charge on any atom is 0.416 e.